The number of rotatable bonds is 4. The molecular formula is C23H18ClN3OS. The monoisotopic (exact) mass is 419 g/mol. The van der Waals surface area contributed by atoms with E-state index in [1.54, 1.807) is 24.0 Å². The predicted molar refractivity (Wildman–Crippen MR) is 120 cm³/mol. The molecule has 2 N–H and O–H groups in total. The number of fused-ring (bicyclic) bond motifs is 2. The molecule has 5 rings (SSSR count). The Labute approximate surface area is 177 Å². The third kappa shape index (κ3) is 3.26. The summed E-state index contributed by atoms with van der Waals surface area (Å²) in [4.78, 5) is 19.5. The Balaban J connectivity index is 1.52. The number of H-pyrrole nitrogens is 1. The van der Waals surface area contributed by atoms with Crippen LogP contribution in [0.15, 0.2) is 83.7 Å². The Bertz CT molecular complexity index is 1210. The molecule has 0 saturated heterocycles. The van der Waals surface area contributed by atoms with E-state index < -0.39 is 0 Å². The predicted octanol–water partition coefficient (Wildman–Crippen LogP) is 5.73. The summed E-state index contributed by atoms with van der Waals surface area (Å²) in [6.45, 7) is 2.09. The van der Waals surface area contributed by atoms with E-state index in [1.807, 2.05) is 54.6 Å². The van der Waals surface area contributed by atoms with Gasteiger partial charge in [0.05, 0.1) is 11.4 Å². The number of hydrogen-bond acceptors (Lipinski definition) is 4. The molecule has 1 atom stereocenters. The number of para-hydroxylation sites is 1. The van der Waals surface area contributed by atoms with Crippen LogP contribution >= 0.6 is 23.4 Å². The molecule has 6 heteroatoms. The number of nitrogens with zero attached hydrogens (tertiary/aromatic N) is 1. The lowest BCUT2D eigenvalue weighted by molar-refractivity contribution is 0.104. The molecule has 1 aromatic heterocycles. The van der Waals surface area contributed by atoms with Gasteiger partial charge in [0.25, 0.3) is 0 Å². The highest BCUT2D eigenvalue weighted by atomic mass is 35.5. The summed E-state index contributed by atoms with van der Waals surface area (Å²) in [5.41, 5.74) is 4.73. The maximum absolute atomic E-state index is 12.9. The molecule has 0 fully saturated rings. The average Bonchev–Trinajstić information content (AvgIpc) is 3.39. The molecule has 3 heterocycles. The van der Waals surface area contributed by atoms with E-state index in [1.165, 1.54) is 4.91 Å². The van der Waals surface area contributed by atoms with Crippen LogP contribution in [0.3, 0.4) is 0 Å². The molecule has 0 radical (unpaired) electrons. The molecular weight excluding hydrogens is 402 g/mol. The number of halogens is 1. The van der Waals surface area contributed by atoms with Gasteiger partial charge < -0.3 is 15.2 Å². The highest BCUT2D eigenvalue weighted by Crippen LogP contribution is 2.41. The molecule has 0 saturated carbocycles. The number of ketones is 1. The second kappa shape index (κ2) is 7.17. The minimum Gasteiger partial charge on any atom is -0.360 e. The number of thioether (sulfide) groups is 1. The van der Waals surface area contributed by atoms with Gasteiger partial charge in [0.2, 0.25) is 0 Å². The minimum absolute atomic E-state index is 0.0265. The van der Waals surface area contributed by atoms with Gasteiger partial charge in [-0.25, -0.2) is 0 Å². The Kier molecular flexibility index (Phi) is 4.49. The van der Waals surface area contributed by atoms with Crippen molar-refractivity contribution in [1.29, 1.82) is 0 Å². The zero-order valence-corrected chi connectivity index (χ0v) is 17.2. The molecule has 0 aliphatic carbocycles. The second-order valence-corrected chi connectivity index (χ2v) is 8.74. The fraction of sp³-hybridized carbons (Fsp3) is 0.0870. The number of hydrogen-bond donors (Lipinski definition) is 2. The van der Waals surface area contributed by atoms with E-state index >= 15 is 0 Å². The first-order valence-electron chi connectivity index (χ1n) is 9.29. The van der Waals surface area contributed by atoms with Crippen LogP contribution in [0.2, 0.25) is 5.02 Å². The number of carbonyl (C=O) groups excluding carboxylic acids is 1. The standard InChI is InChI=1S/C23H18ClN3OS/c1-14-13-27-20(22(26-23(27)29-14)15-6-8-16(24)9-7-15)10-11-21(28)18-12-25-19-5-3-2-4-17(18)19/h2-13,23,25-26H,1H3/b11-10+. The highest BCUT2D eigenvalue weighted by molar-refractivity contribution is 8.03. The summed E-state index contributed by atoms with van der Waals surface area (Å²) in [5, 5.41) is 5.19. The van der Waals surface area contributed by atoms with Crippen molar-refractivity contribution in [3.05, 3.63) is 99.8 Å². The lowest BCUT2D eigenvalue weighted by atomic mass is 10.1. The van der Waals surface area contributed by atoms with Gasteiger partial charge in [0, 0.05) is 38.8 Å². The van der Waals surface area contributed by atoms with Crippen molar-refractivity contribution in [2.24, 2.45) is 0 Å². The number of aromatic nitrogens is 1. The van der Waals surface area contributed by atoms with Crippen LogP contribution in [0.1, 0.15) is 22.8 Å². The SMILES string of the molecule is CC1=CN2C(/C=C/C(=O)c3c[nH]c4ccccc34)=C(c3ccc(Cl)cc3)NC2S1. The van der Waals surface area contributed by atoms with Gasteiger partial charge in [-0.05, 0) is 42.8 Å². The molecule has 3 aromatic rings. The number of benzene rings is 2. The van der Waals surface area contributed by atoms with Gasteiger partial charge in [-0.3, -0.25) is 4.79 Å². The zero-order valence-electron chi connectivity index (χ0n) is 15.6. The smallest absolute Gasteiger partial charge is 0.188 e. The molecule has 4 nitrogen and oxygen atoms in total. The summed E-state index contributed by atoms with van der Waals surface area (Å²) in [6.07, 6.45) is 7.44. The largest absolute Gasteiger partial charge is 0.360 e. The van der Waals surface area contributed by atoms with Gasteiger partial charge in [-0.1, -0.05) is 53.7 Å². The third-order valence-electron chi connectivity index (χ3n) is 5.05. The van der Waals surface area contributed by atoms with Crippen LogP contribution in [-0.4, -0.2) is 21.2 Å². The molecule has 2 aromatic carbocycles. The van der Waals surface area contributed by atoms with E-state index in [4.69, 9.17) is 11.6 Å². The van der Waals surface area contributed by atoms with Crippen molar-refractivity contribution in [2.75, 3.05) is 0 Å². The Morgan fingerprint density at radius 3 is 2.79 bits per heavy atom. The maximum atomic E-state index is 12.9. The summed E-state index contributed by atoms with van der Waals surface area (Å²) in [6, 6.07) is 15.6. The van der Waals surface area contributed by atoms with E-state index in [0.29, 0.717) is 10.6 Å². The van der Waals surface area contributed by atoms with E-state index in [0.717, 1.165) is 27.9 Å². The molecule has 0 bridgehead atoms. The van der Waals surface area contributed by atoms with Crippen LogP contribution in [0.4, 0.5) is 0 Å². The number of allylic oxidation sites excluding steroid dienone is 3. The van der Waals surface area contributed by atoms with Gasteiger partial charge in [-0.15, -0.1) is 0 Å². The van der Waals surface area contributed by atoms with Crippen LogP contribution in [0.25, 0.3) is 16.6 Å². The Hall–Kier alpha value is -2.89. The summed E-state index contributed by atoms with van der Waals surface area (Å²) < 4.78 is 0. The Morgan fingerprint density at radius 1 is 1.17 bits per heavy atom. The molecule has 2 aliphatic rings. The van der Waals surface area contributed by atoms with Crippen LogP contribution < -0.4 is 5.32 Å². The molecule has 0 spiro atoms. The number of aromatic amines is 1. The first-order valence-corrected chi connectivity index (χ1v) is 10.5. The van der Waals surface area contributed by atoms with Gasteiger partial charge in [0.1, 0.15) is 0 Å². The topological polar surface area (TPSA) is 48.1 Å². The molecule has 1 unspecified atom stereocenters. The van der Waals surface area contributed by atoms with Crippen molar-refractivity contribution >= 4 is 45.7 Å². The fourth-order valence-electron chi connectivity index (χ4n) is 3.69. The highest BCUT2D eigenvalue weighted by Gasteiger charge is 2.34. The molecule has 29 heavy (non-hydrogen) atoms. The normalized spacial score (nSPS) is 18.5. The zero-order chi connectivity index (χ0) is 20.0. The van der Waals surface area contributed by atoms with Crippen molar-refractivity contribution < 1.29 is 4.79 Å². The van der Waals surface area contributed by atoms with E-state index in [-0.39, 0.29) is 11.3 Å². The second-order valence-electron chi connectivity index (χ2n) is 6.97. The van der Waals surface area contributed by atoms with Crippen molar-refractivity contribution in [3.63, 3.8) is 0 Å². The average molecular weight is 420 g/mol. The summed E-state index contributed by atoms with van der Waals surface area (Å²) in [7, 11) is 0. The quantitative estimate of drug-likeness (QED) is 0.419. The molecule has 144 valence electrons. The van der Waals surface area contributed by atoms with Crippen molar-refractivity contribution in [2.45, 2.75) is 12.4 Å². The Morgan fingerprint density at radius 2 is 1.97 bits per heavy atom. The first-order chi connectivity index (χ1) is 14.1. The number of carbonyl (C=O) groups is 1. The van der Waals surface area contributed by atoms with Crippen LogP contribution in [0, 0.1) is 0 Å². The first kappa shape index (κ1) is 18.2. The third-order valence-corrected chi connectivity index (χ3v) is 6.35. The summed E-state index contributed by atoms with van der Waals surface area (Å²) in [5.74, 6) is -0.0265. The van der Waals surface area contributed by atoms with Gasteiger partial charge in [-0.2, -0.15) is 0 Å². The summed E-state index contributed by atoms with van der Waals surface area (Å²) >= 11 is 7.81. The lowest BCUT2D eigenvalue weighted by Gasteiger charge is -2.16. The van der Waals surface area contributed by atoms with Crippen molar-refractivity contribution in [3.8, 4) is 0 Å². The maximum Gasteiger partial charge on any atom is 0.188 e. The number of nitrogens with one attached hydrogen (secondary N) is 2. The molecule has 2 aliphatic heterocycles. The van der Waals surface area contributed by atoms with Gasteiger partial charge >= 0.3 is 0 Å². The van der Waals surface area contributed by atoms with Gasteiger partial charge in [0.15, 0.2) is 11.3 Å². The molecule has 0 amide bonds. The lowest BCUT2D eigenvalue weighted by Crippen LogP contribution is -2.26. The van der Waals surface area contributed by atoms with E-state index in [2.05, 4.69) is 28.3 Å². The van der Waals surface area contributed by atoms with Crippen LogP contribution in [0.5, 0.6) is 0 Å². The van der Waals surface area contributed by atoms with Crippen LogP contribution in [-0.2, 0) is 0 Å². The van der Waals surface area contributed by atoms with Crippen molar-refractivity contribution in [1.82, 2.24) is 15.2 Å². The fourth-order valence-corrected chi connectivity index (χ4v) is 4.80. The van der Waals surface area contributed by atoms with E-state index in [9.17, 15) is 4.79 Å². The minimum atomic E-state index is -0.0265.